The average molecular weight is 322 g/mol. The second-order valence-corrected chi connectivity index (χ2v) is 6.56. The number of guanidine groups is 1. The van der Waals surface area contributed by atoms with Crippen molar-refractivity contribution in [2.45, 2.75) is 33.1 Å². The van der Waals surface area contributed by atoms with E-state index in [1.807, 2.05) is 6.20 Å². The van der Waals surface area contributed by atoms with Crippen LogP contribution in [0.2, 0.25) is 0 Å². The highest BCUT2D eigenvalue weighted by atomic mass is 32.1. The van der Waals surface area contributed by atoms with Crippen LogP contribution in [0.5, 0.6) is 0 Å². The number of aryl methyl sites for hydroxylation is 1. The first-order valence-electron chi connectivity index (χ1n) is 7.97. The molecule has 1 aliphatic heterocycles. The van der Waals surface area contributed by atoms with Gasteiger partial charge in [0.1, 0.15) is 0 Å². The van der Waals surface area contributed by atoms with Crippen LogP contribution in [0.15, 0.2) is 22.8 Å². The number of nitrogens with one attached hydrogen (secondary N) is 2. The third kappa shape index (κ3) is 6.15. The summed E-state index contributed by atoms with van der Waals surface area (Å²) < 4.78 is 5.32. The number of nitrogens with zero attached hydrogens (tertiary/aromatic N) is 2. The van der Waals surface area contributed by atoms with Gasteiger partial charge in [-0.2, -0.15) is 0 Å². The zero-order valence-corrected chi connectivity index (χ0v) is 14.3. The van der Waals surface area contributed by atoms with Gasteiger partial charge in [0.2, 0.25) is 0 Å². The summed E-state index contributed by atoms with van der Waals surface area (Å²) in [6.07, 6.45) is 7.13. The van der Waals surface area contributed by atoms with E-state index >= 15 is 0 Å². The summed E-state index contributed by atoms with van der Waals surface area (Å²) in [6.45, 7) is 8.33. The van der Waals surface area contributed by atoms with Crippen molar-refractivity contribution >= 4 is 17.3 Å². The third-order valence-electron chi connectivity index (χ3n) is 3.40. The van der Waals surface area contributed by atoms with E-state index in [1.165, 1.54) is 10.5 Å². The highest BCUT2D eigenvalue weighted by molar-refractivity contribution is 7.11. The number of aromatic nitrogens is 1. The summed E-state index contributed by atoms with van der Waals surface area (Å²) >= 11 is 1.75. The van der Waals surface area contributed by atoms with Crippen molar-refractivity contribution in [3.63, 3.8) is 0 Å². The molecule has 2 N–H and O–H groups in total. The standard InChI is InChI=1S/C16H26N4OS/c1-3-17-16(18-8-4-14-6-10-21-11-7-14)19-9-5-15-20-12-13(2)22-15/h6,12H,3-5,7-11H2,1-2H3,(H2,17,18,19). The lowest BCUT2D eigenvalue weighted by Crippen LogP contribution is -2.38. The van der Waals surface area contributed by atoms with Crippen molar-refractivity contribution in [2.75, 3.05) is 32.8 Å². The Hall–Kier alpha value is -1.40. The molecule has 6 heteroatoms. The van der Waals surface area contributed by atoms with Crippen molar-refractivity contribution in [2.24, 2.45) is 4.99 Å². The van der Waals surface area contributed by atoms with Crippen molar-refractivity contribution < 1.29 is 4.74 Å². The minimum atomic E-state index is 0.761. The molecule has 0 saturated heterocycles. The van der Waals surface area contributed by atoms with Gasteiger partial charge in [-0.05, 0) is 26.7 Å². The van der Waals surface area contributed by atoms with Gasteiger partial charge in [0, 0.05) is 37.1 Å². The molecular formula is C16H26N4OS. The van der Waals surface area contributed by atoms with E-state index in [0.717, 1.165) is 63.1 Å². The lowest BCUT2D eigenvalue weighted by atomic mass is 10.1. The molecule has 0 bridgehead atoms. The highest BCUT2D eigenvalue weighted by Crippen LogP contribution is 2.12. The molecule has 2 heterocycles. The Bertz CT molecular complexity index is 510. The minimum absolute atomic E-state index is 0.761. The zero-order valence-electron chi connectivity index (χ0n) is 13.5. The Labute approximate surface area is 136 Å². The maximum Gasteiger partial charge on any atom is 0.191 e. The van der Waals surface area contributed by atoms with Crippen LogP contribution in [0.4, 0.5) is 0 Å². The van der Waals surface area contributed by atoms with E-state index in [2.05, 4.69) is 40.5 Å². The number of rotatable bonds is 7. The first-order valence-corrected chi connectivity index (χ1v) is 8.78. The summed E-state index contributed by atoms with van der Waals surface area (Å²) in [4.78, 5) is 10.2. The molecule has 0 spiro atoms. The van der Waals surface area contributed by atoms with Crippen LogP contribution >= 0.6 is 11.3 Å². The minimum Gasteiger partial charge on any atom is -0.377 e. The predicted octanol–water partition coefficient (Wildman–Crippen LogP) is 2.29. The monoisotopic (exact) mass is 322 g/mol. The Kier molecular flexibility index (Phi) is 7.39. The van der Waals surface area contributed by atoms with Gasteiger partial charge in [0.05, 0.1) is 18.2 Å². The molecule has 0 fully saturated rings. The fourth-order valence-electron chi connectivity index (χ4n) is 2.26. The number of hydrogen-bond donors (Lipinski definition) is 2. The average Bonchev–Trinajstić information content (AvgIpc) is 2.94. The van der Waals surface area contributed by atoms with Crippen molar-refractivity contribution in [1.29, 1.82) is 0 Å². The first kappa shape index (κ1) is 17.0. The van der Waals surface area contributed by atoms with Crippen molar-refractivity contribution in [1.82, 2.24) is 15.6 Å². The van der Waals surface area contributed by atoms with Gasteiger partial charge in [-0.15, -0.1) is 11.3 Å². The maximum atomic E-state index is 5.32. The Morgan fingerprint density at radius 3 is 3.00 bits per heavy atom. The molecule has 0 radical (unpaired) electrons. The molecule has 0 aromatic carbocycles. The molecule has 1 aromatic heterocycles. The summed E-state index contributed by atoms with van der Waals surface area (Å²) in [7, 11) is 0. The molecular weight excluding hydrogens is 296 g/mol. The van der Waals surface area contributed by atoms with Gasteiger partial charge >= 0.3 is 0 Å². The van der Waals surface area contributed by atoms with Crippen LogP contribution in [-0.2, 0) is 11.2 Å². The smallest absolute Gasteiger partial charge is 0.191 e. The van der Waals surface area contributed by atoms with E-state index in [1.54, 1.807) is 11.3 Å². The van der Waals surface area contributed by atoms with Gasteiger partial charge in [-0.25, -0.2) is 4.98 Å². The maximum absolute atomic E-state index is 5.32. The normalized spacial score (nSPS) is 15.5. The zero-order chi connectivity index (χ0) is 15.6. The molecule has 0 saturated carbocycles. The molecule has 122 valence electrons. The third-order valence-corrected chi connectivity index (χ3v) is 4.38. The van der Waals surface area contributed by atoms with Gasteiger partial charge < -0.3 is 15.4 Å². The van der Waals surface area contributed by atoms with Gasteiger partial charge in [0.15, 0.2) is 5.96 Å². The summed E-state index contributed by atoms with van der Waals surface area (Å²) in [5.74, 6) is 0.892. The molecule has 22 heavy (non-hydrogen) atoms. The molecule has 1 aromatic rings. The Morgan fingerprint density at radius 1 is 1.41 bits per heavy atom. The van der Waals surface area contributed by atoms with E-state index < -0.39 is 0 Å². The number of thiazole rings is 1. The summed E-state index contributed by atoms with van der Waals surface area (Å²) in [6, 6.07) is 0. The summed E-state index contributed by atoms with van der Waals surface area (Å²) in [5, 5.41) is 7.85. The number of aliphatic imine (C=N–C) groups is 1. The van der Waals surface area contributed by atoms with E-state index in [0.29, 0.717) is 0 Å². The van der Waals surface area contributed by atoms with Crippen LogP contribution in [0.3, 0.4) is 0 Å². The molecule has 0 amide bonds. The summed E-state index contributed by atoms with van der Waals surface area (Å²) in [5.41, 5.74) is 1.48. The van der Waals surface area contributed by atoms with Crippen molar-refractivity contribution in [3.8, 4) is 0 Å². The fourth-order valence-corrected chi connectivity index (χ4v) is 3.03. The van der Waals surface area contributed by atoms with Crippen LogP contribution < -0.4 is 10.6 Å². The molecule has 2 rings (SSSR count). The molecule has 5 nitrogen and oxygen atoms in total. The predicted molar refractivity (Wildman–Crippen MR) is 92.7 cm³/mol. The lowest BCUT2D eigenvalue weighted by molar-refractivity contribution is 0.153. The van der Waals surface area contributed by atoms with Crippen LogP contribution in [0, 0.1) is 6.92 Å². The SMILES string of the molecule is CCNC(=NCCc1ncc(C)s1)NCCC1=CCOCC1. The second kappa shape index (κ2) is 9.58. The molecule has 0 unspecified atom stereocenters. The number of hydrogen-bond acceptors (Lipinski definition) is 4. The van der Waals surface area contributed by atoms with Gasteiger partial charge in [0.25, 0.3) is 0 Å². The molecule has 0 aliphatic carbocycles. The Balaban J connectivity index is 1.73. The van der Waals surface area contributed by atoms with Gasteiger partial charge in [-0.1, -0.05) is 11.6 Å². The van der Waals surface area contributed by atoms with Crippen molar-refractivity contribution in [3.05, 3.63) is 27.7 Å². The van der Waals surface area contributed by atoms with E-state index in [9.17, 15) is 0 Å². The second-order valence-electron chi connectivity index (χ2n) is 5.24. The van der Waals surface area contributed by atoms with E-state index in [4.69, 9.17) is 4.74 Å². The van der Waals surface area contributed by atoms with Crippen LogP contribution in [-0.4, -0.2) is 43.8 Å². The number of ether oxygens (including phenoxy) is 1. The molecule has 0 atom stereocenters. The van der Waals surface area contributed by atoms with Gasteiger partial charge in [-0.3, -0.25) is 4.99 Å². The topological polar surface area (TPSA) is 58.5 Å². The quantitative estimate of drug-likeness (QED) is 0.459. The van der Waals surface area contributed by atoms with Crippen LogP contribution in [0.1, 0.15) is 29.7 Å². The highest BCUT2D eigenvalue weighted by Gasteiger charge is 2.04. The Morgan fingerprint density at radius 2 is 2.32 bits per heavy atom. The lowest BCUT2D eigenvalue weighted by Gasteiger charge is -2.15. The van der Waals surface area contributed by atoms with E-state index in [-0.39, 0.29) is 0 Å². The van der Waals surface area contributed by atoms with Crippen LogP contribution in [0.25, 0.3) is 0 Å². The molecule has 1 aliphatic rings. The fraction of sp³-hybridized carbons (Fsp3) is 0.625. The largest absolute Gasteiger partial charge is 0.377 e. The first-order chi connectivity index (χ1) is 10.8.